The Morgan fingerprint density at radius 2 is 1.50 bits per heavy atom. The summed E-state index contributed by atoms with van der Waals surface area (Å²) < 4.78 is 4.80. The number of hydrogen-bond donors (Lipinski definition) is 0. The predicted molar refractivity (Wildman–Crippen MR) is 51.0 cm³/mol. The molecule has 0 amide bonds. The third-order valence-electron chi connectivity index (χ3n) is 2.13. The summed E-state index contributed by atoms with van der Waals surface area (Å²) in [6.07, 6.45) is 4.40. The van der Waals surface area contributed by atoms with Crippen LogP contribution in [-0.2, 0) is 0 Å². The molecule has 0 heterocycles. The second-order valence-electron chi connectivity index (χ2n) is 2.91. The Hall–Kier alpha value is 0.799. The minimum absolute atomic E-state index is 0.735. The van der Waals surface area contributed by atoms with Crippen molar-refractivity contribution in [3.05, 3.63) is 0 Å². The van der Waals surface area contributed by atoms with Crippen LogP contribution in [0.1, 0.15) is 40.0 Å². The summed E-state index contributed by atoms with van der Waals surface area (Å²) in [6, 6.07) is 0. The molecule has 0 spiro atoms. The molecule has 61 valence electrons. The SMILES string of the molecule is CCCC[CH2][Sn]([CH2]C)[CH2]C. The van der Waals surface area contributed by atoms with Crippen LogP contribution in [0, 0.1) is 0 Å². The molecule has 1 heteroatoms. The molecule has 0 saturated heterocycles. The molecule has 0 aromatic carbocycles. The van der Waals surface area contributed by atoms with Gasteiger partial charge in [0.25, 0.3) is 0 Å². The van der Waals surface area contributed by atoms with Gasteiger partial charge in [-0.3, -0.25) is 0 Å². The van der Waals surface area contributed by atoms with E-state index in [0.29, 0.717) is 0 Å². The molecule has 0 N–H and O–H groups in total. The second kappa shape index (κ2) is 7.90. The van der Waals surface area contributed by atoms with Gasteiger partial charge < -0.3 is 0 Å². The molecule has 0 aliphatic carbocycles. The van der Waals surface area contributed by atoms with Crippen LogP contribution in [0.4, 0.5) is 0 Å². The Kier molecular flexibility index (Phi) is 8.53. The summed E-state index contributed by atoms with van der Waals surface area (Å²) in [4.78, 5) is 0. The predicted octanol–water partition coefficient (Wildman–Crippen LogP) is 3.71. The number of rotatable bonds is 6. The maximum atomic E-state index is 2.39. The van der Waals surface area contributed by atoms with E-state index >= 15 is 0 Å². The van der Waals surface area contributed by atoms with Crippen molar-refractivity contribution in [1.29, 1.82) is 0 Å². The van der Waals surface area contributed by atoms with Crippen LogP contribution in [-0.4, -0.2) is 19.8 Å². The first-order chi connectivity index (χ1) is 4.85. The van der Waals surface area contributed by atoms with E-state index in [1.807, 2.05) is 0 Å². The van der Waals surface area contributed by atoms with E-state index in [-0.39, 0.29) is 0 Å². The van der Waals surface area contributed by atoms with Crippen molar-refractivity contribution >= 4 is 19.8 Å². The maximum absolute atomic E-state index is 2.39. The molecule has 0 atom stereocenters. The Bertz CT molecular complexity index is 57.7. The fourth-order valence-electron chi connectivity index (χ4n) is 1.23. The van der Waals surface area contributed by atoms with E-state index in [1.165, 1.54) is 19.3 Å². The van der Waals surface area contributed by atoms with Crippen molar-refractivity contribution in [2.24, 2.45) is 0 Å². The van der Waals surface area contributed by atoms with Gasteiger partial charge in [0.05, 0.1) is 0 Å². The van der Waals surface area contributed by atoms with Crippen LogP contribution < -0.4 is 0 Å². The van der Waals surface area contributed by atoms with Gasteiger partial charge >= 0.3 is 73.1 Å². The fraction of sp³-hybridized carbons (Fsp3) is 1.00. The molecule has 0 bridgehead atoms. The minimum atomic E-state index is -0.735. The van der Waals surface area contributed by atoms with Crippen LogP contribution in [0.2, 0.25) is 13.3 Å². The van der Waals surface area contributed by atoms with Crippen LogP contribution in [0.3, 0.4) is 0 Å². The van der Waals surface area contributed by atoms with E-state index in [9.17, 15) is 0 Å². The monoisotopic (exact) mass is 249 g/mol. The van der Waals surface area contributed by atoms with Crippen LogP contribution >= 0.6 is 0 Å². The van der Waals surface area contributed by atoms with Gasteiger partial charge in [-0.2, -0.15) is 0 Å². The molecular weight excluding hydrogens is 227 g/mol. The Labute approximate surface area is 73.1 Å². The quantitative estimate of drug-likeness (QED) is 0.496. The Morgan fingerprint density at radius 1 is 0.900 bits per heavy atom. The number of unbranched alkanes of at least 4 members (excludes halogenated alkanes) is 2. The van der Waals surface area contributed by atoms with Crippen LogP contribution in [0.5, 0.6) is 0 Å². The van der Waals surface area contributed by atoms with Gasteiger partial charge in [-0.15, -0.1) is 0 Å². The molecule has 1 radical (unpaired) electrons. The number of hydrogen-bond acceptors (Lipinski definition) is 0. The summed E-state index contributed by atoms with van der Waals surface area (Å²) in [5.41, 5.74) is 0. The molecule has 0 aliphatic rings. The molecule has 0 aromatic rings. The van der Waals surface area contributed by atoms with Crippen LogP contribution in [0.25, 0.3) is 0 Å². The van der Waals surface area contributed by atoms with Crippen molar-refractivity contribution in [3.63, 3.8) is 0 Å². The zero-order valence-corrected chi connectivity index (χ0v) is 10.6. The summed E-state index contributed by atoms with van der Waals surface area (Å²) in [6.45, 7) is 7.08. The molecule has 0 saturated carbocycles. The third-order valence-corrected chi connectivity index (χ3v) is 10.9. The Morgan fingerprint density at radius 3 is 1.90 bits per heavy atom. The molecule has 0 aromatic heterocycles. The van der Waals surface area contributed by atoms with Crippen molar-refractivity contribution < 1.29 is 0 Å². The first kappa shape index (κ1) is 10.8. The normalized spacial score (nSPS) is 10.8. The molecule has 10 heavy (non-hydrogen) atoms. The standard InChI is InChI=1S/C5H11.2C2H5.Sn/c1-3-5-4-2;2*1-2;/h1,3-5H2,2H3;2*1H2,2H3;. The van der Waals surface area contributed by atoms with Crippen molar-refractivity contribution in [2.45, 2.75) is 53.3 Å². The molecular formula is C9H21Sn. The second-order valence-corrected chi connectivity index (χ2v) is 12.7. The first-order valence-corrected chi connectivity index (χ1v) is 10.7. The van der Waals surface area contributed by atoms with Gasteiger partial charge in [0.2, 0.25) is 0 Å². The van der Waals surface area contributed by atoms with E-state index in [4.69, 9.17) is 0 Å². The van der Waals surface area contributed by atoms with Gasteiger partial charge in [-0.05, 0) is 0 Å². The topological polar surface area (TPSA) is 0 Å². The molecule has 0 nitrogen and oxygen atoms in total. The summed E-state index contributed by atoms with van der Waals surface area (Å²) in [5.74, 6) is 0. The molecule has 0 fully saturated rings. The first-order valence-electron chi connectivity index (χ1n) is 4.68. The van der Waals surface area contributed by atoms with Gasteiger partial charge in [0.15, 0.2) is 0 Å². The van der Waals surface area contributed by atoms with E-state index in [1.54, 1.807) is 13.3 Å². The van der Waals surface area contributed by atoms with E-state index in [0.717, 1.165) is 0 Å². The average molecular weight is 248 g/mol. The van der Waals surface area contributed by atoms with Crippen molar-refractivity contribution in [2.75, 3.05) is 0 Å². The summed E-state index contributed by atoms with van der Waals surface area (Å²) in [7, 11) is 0. The van der Waals surface area contributed by atoms with E-state index in [2.05, 4.69) is 20.8 Å². The molecule has 0 rings (SSSR count). The average Bonchev–Trinajstić information content (AvgIpc) is 1.99. The summed E-state index contributed by atoms with van der Waals surface area (Å²) in [5, 5.41) is 0. The summed E-state index contributed by atoms with van der Waals surface area (Å²) >= 11 is -0.735. The zero-order valence-electron chi connectivity index (χ0n) is 7.74. The third kappa shape index (κ3) is 5.57. The van der Waals surface area contributed by atoms with Crippen molar-refractivity contribution in [3.8, 4) is 0 Å². The zero-order chi connectivity index (χ0) is 7.82. The Balaban J connectivity index is 3.09. The molecule has 0 unspecified atom stereocenters. The van der Waals surface area contributed by atoms with Gasteiger partial charge in [-0.25, -0.2) is 0 Å². The van der Waals surface area contributed by atoms with Gasteiger partial charge in [0, 0.05) is 0 Å². The molecule has 0 aliphatic heterocycles. The van der Waals surface area contributed by atoms with Crippen LogP contribution in [0.15, 0.2) is 0 Å². The van der Waals surface area contributed by atoms with Crippen molar-refractivity contribution in [1.82, 2.24) is 0 Å². The van der Waals surface area contributed by atoms with Gasteiger partial charge in [0.1, 0.15) is 0 Å². The fourth-order valence-corrected chi connectivity index (χ4v) is 6.81. The van der Waals surface area contributed by atoms with Gasteiger partial charge in [-0.1, -0.05) is 0 Å². The van der Waals surface area contributed by atoms with E-state index < -0.39 is 19.8 Å².